The third-order valence-electron chi connectivity index (χ3n) is 6.02. The van der Waals surface area contributed by atoms with E-state index in [9.17, 15) is 0 Å². The molecule has 44 heavy (non-hydrogen) atoms. The molecule has 0 aromatic heterocycles. The number of hydrogen-bond acceptors (Lipinski definition) is 13. The Morgan fingerprint density at radius 1 is 0.477 bits per heavy atom. The predicted octanol–water partition coefficient (Wildman–Crippen LogP) is 2.34. The summed E-state index contributed by atoms with van der Waals surface area (Å²) in [5.74, 6) is 0.773. The van der Waals surface area contributed by atoms with Crippen molar-refractivity contribution in [3.63, 3.8) is 0 Å². The van der Waals surface area contributed by atoms with Crippen LogP contribution in [0.5, 0.6) is 5.75 Å². The zero-order valence-electron chi connectivity index (χ0n) is 26.3. The molecule has 1 aromatic carbocycles. The number of ether oxygens (including phenoxy) is 12. The summed E-state index contributed by atoms with van der Waals surface area (Å²) < 4.78 is 66.0. The molecule has 1 aromatic rings. The summed E-state index contributed by atoms with van der Waals surface area (Å²) in [6.07, 6.45) is 3.19. The first-order chi connectivity index (χ1) is 21.8. The fraction of sp³-hybridized carbons (Fsp3) is 0.806. The smallest absolute Gasteiger partial charge is 0.157 e. The summed E-state index contributed by atoms with van der Waals surface area (Å²) >= 11 is 0. The zero-order valence-corrected chi connectivity index (χ0v) is 26.3. The largest absolute Gasteiger partial charge is 0.491 e. The van der Waals surface area contributed by atoms with E-state index >= 15 is 0 Å². The summed E-state index contributed by atoms with van der Waals surface area (Å²) in [5, 5.41) is 0. The quantitative estimate of drug-likeness (QED) is 0.0919. The number of nitrogens with two attached hydrogens (primary N) is 1. The van der Waals surface area contributed by atoms with Crippen LogP contribution in [0.2, 0.25) is 0 Å². The molecule has 13 heteroatoms. The number of nitrogen functional groups attached to an aromatic ring is 1. The molecule has 1 aliphatic rings. The first kappa shape index (κ1) is 38.6. The highest BCUT2D eigenvalue weighted by Gasteiger charge is 2.13. The van der Waals surface area contributed by atoms with Crippen LogP contribution in [0.1, 0.15) is 19.3 Å². The molecule has 2 rings (SSSR count). The lowest BCUT2D eigenvalue weighted by Crippen LogP contribution is -2.24. The van der Waals surface area contributed by atoms with Gasteiger partial charge in [-0.25, -0.2) is 0 Å². The molecule has 256 valence electrons. The summed E-state index contributed by atoms with van der Waals surface area (Å²) in [5.41, 5.74) is 6.35. The van der Waals surface area contributed by atoms with Crippen LogP contribution in [0, 0.1) is 0 Å². The number of anilines is 1. The van der Waals surface area contributed by atoms with E-state index in [0.717, 1.165) is 25.2 Å². The van der Waals surface area contributed by atoms with Gasteiger partial charge in [-0.1, -0.05) is 0 Å². The van der Waals surface area contributed by atoms with Crippen LogP contribution in [-0.4, -0.2) is 145 Å². The molecule has 13 nitrogen and oxygen atoms in total. The van der Waals surface area contributed by atoms with Gasteiger partial charge in [-0.3, -0.25) is 0 Å². The molecule has 1 atom stereocenters. The predicted molar refractivity (Wildman–Crippen MR) is 163 cm³/mol. The highest BCUT2D eigenvalue weighted by atomic mass is 16.7. The lowest BCUT2D eigenvalue weighted by atomic mass is 10.2. The van der Waals surface area contributed by atoms with Crippen molar-refractivity contribution >= 4 is 5.69 Å². The Bertz CT molecular complexity index is 724. The Hall–Kier alpha value is -1.62. The average molecular weight is 634 g/mol. The number of benzene rings is 1. The van der Waals surface area contributed by atoms with E-state index in [1.807, 2.05) is 12.1 Å². The van der Waals surface area contributed by atoms with E-state index in [4.69, 9.17) is 62.6 Å². The van der Waals surface area contributed by atoms with Gasteiger partial charge in [0.25, 0.3) is 0 Å². The van der Waals surface area contributed by atoms with Crippen molar-refractivity contribution in [2.45, 2.75) is 25.6 Å². The van der Waals surface area contributed by atoms with Crippen molar-refractivity contribution in [1.29, 1.82) is 0 Å². The van der Waals surface area contributed by atoms with E-state index in [2.05, 4.69) is 0 Å². The molecule has 0 aliphatic carbocycles. The van der Waals surface area contributed by atoms with Gasteiger partial charge in [-0.2, -0.15) is 0 Å². The Labute approximate surface area is 262 Å². The van der Waals surface area contributed by atoms with Gasteiger partial charge in [0, 0.05) is 12.3 Å². The number of hydrogen-bond donors (Lipinski definition) is 1. The molecule has 2 N–H and O–H groups in total. The van der Waals surface area contributed by atoms with Gasteiger partial charge in [0.15, 0.2) is 6.29 Å². The molecular formula is C31H55NO12. The second-order valence-corrected chi connectivity index (χ2v) is 9.60. The van der Waals surface area contributed by atoms with Gasteiger partial charge < -0.3 is 62.6 Å². The second kappa shape index (κ2) is 30.1. The first-order valence-corrected chi connectivity index (χ1v) is 15.8. The minimum atomic E-state index is -0.0655. The van der Waals surface area contributed by atoms with Crippen LogP contribution < -0.4 is 10.5 Å². The Morgan fingerprint density at radius 3 is 1.20 bits per heavy atom. The highest BCUT2D eigenvalue weighted by Crippen LogP contribution is 2.13. The molecular weight excluding hydrogens is 578 g/mol. The molecule has 1 unspecified atom stereocenters. The maximum absolute atomic E-state index is 5.64. The molecule has 1 fully saturated rings. The molecule has 0 radical (unpaired) electrons. The minimum absolute atomic E-state index is 0.0655. The SMILES string of the molecule is Nc1ccc(OCCOCCOCCOCCOCCOCCOCCOCCOCCOCCOC2CCCCO2)cc1. The molecule has 1 aliphatic heterocycles. The summed E-state index contributed by atoms with van der Waals surface area (Å²) in [6, 6.07) is 7.27. The van der Waals surface area contributed by atoms with E-state index in [-0.39, 0.29) is 6.29 Å². The fourth-order valence-corrected chi connectivity index (χ4v) is 3.72. The summed E-state index contributed by atoms with van der Waals surface area (Å²) in [6.45, 7) is 11.1. The van der Waals surface area contributed by atoms with Gasteiger partial charge >= 0.3 is 0 Å². The lowest BCUT2D eigenvalue weighted by Gasteiger charge is -2.22. The zero-order chi connectivity index (χ0) is 31.0. The van der Waals surface area contributed by atoms with Gasteiger partial charge in [-0.15, -0.1) is 0 Å². The first-order valence-electron chi connectivity index (χ1n) is 15.8. The van der Waals surface area contributed by atoms with Crippen LogP contribution in [0.15, 0.2) is 24.3 Å². The van der Waals surface area contributed by atoms with Crippen molar-refractivity contribution in [2.75, 3.05) is 144 Å². The molecule has 0 spiro atoms. The topological polar surface area (TPSA) is 137 Å². The second-order valence-electron chi connectivity index (χ2n) is 9.60. The van der Waals surface area contributed by atoms with Crippen molar-refractivity contribution in [1.82, 2.24) is 0 Å². The fourth-order valence-electron chi connectivity index (χ4n) is 3.72. The number of rotatable bonds is 32. The van der Waals surface area contributed by atoms with Crippen molar-refractivity contribution < 1.29 is 56.8 Å². The van der Waals surface area contributed by atoms with Gasteiger partial charge in [0.1, 0.15) is 12.4 Å². The van der Waals surface area contributed by atoms with E-state index in [0.29, 0.717) is 138 Å². The standard InChI is InChI=1S/C31H55NO12/c32-29-4-6-30(7-5-29)42-27-25-40-23-21-38-19-17-36-15-13-34-11-9-33-10-12-35-14-16-37-18-20-39-22-24-41-26-28-44-31-3-1-2-8-43-31/h4-7,31H,1-3,8-28,32H2. The summed E-state index contributed by atoms with van der Waals surface area (Å²) in [7, 11) is 0. The monoisotopic (exact) mass is 633 g/mol. The van der Waals surface area contributed by atoms with Crippen LogP contribution >= 0.6 is 0 Å². The van der Waals surface area contributed by atoms with Crippen molar-refractivity contribution in [2.24, 2.45) is 0 Å². The van der Waals surface area contributed by atoms with Gasteiger partial charge in [0.05, 0.1) is 126 Å². The lowest BCUT2D eigenvalue weighted by molar-refractivity contribution is -0.169. The van der Waals surface area contributed by atoms with Gasteiger partial charge in [-0.05, 0) is 43.5 Å². The minimum Gasteiger partial charge on any atom is -0.491 e. The maximum atomic E-state index is 5.64. The van der Waals surface area contributed by atoms with Crippen LogP contribution in [-0.2, 0) is 52.1 Å². The third-order valence-corrected chi connectivity index (χ3v) is 6.02. The Morgan fingerprint density at radius 2 is 0.841 bits per heavy atom. The molecule has 0 amide bonds. The van der Waals surface area contributed by atoms with E-state index < -0.39 is 0 Å². The molecule has 0 saturated carbocycles. The van der Waals surface area contributed by atoms with Crippen molar-refractivity contribution in [3.8, 4) is 5.75 Å². The van der Waals surface area contributed by atoms with Gasteiger partial charge in [0.2, 0.25) is 0 Å². The van der Waals surface area contributed by atoms with E-state index in [1.54, 1.807) is 12.1 Å². The average Bonchev–Trinajstić information content (AvgIpc) is 3.05. The molecule has 1 heterocycles. The molecule has 0 bridgehead atoms. The maximum Gasteiger partial charge on any atom is 0.157 e. The highest BCUT2D eigenvalue weighted by molar-refractivity contribution is 5.41. The molecule has 1 saturated heterocycles. The Balaban J connectivity index is 1.14. The third kappa shape index (κ3) is 24.7. The van der Waals surface area contributed by atoms with E-state index in [1.165, 1.54) is 6.42 Å². The normalized spacial score (nSPS) is 15.1. The van der Waals surface area contributed by atoms with Crippen LogP contribution in [0.4, 0.5) is 5.69 Å². The van der Waals surface area contributed by atoms with Crippen molar-refractivity contribution in [3.05, 3.63) is 24.3 Å². The van der Waals surface area contributed by atoms with Crippen LogP contribution in [0.3, 0.4) is 0 Å². The van der Waals surface area contributed by atoms with Crippen LogP contribution in [0.25, 0.3) is 0 Å². The summed E-state index contributed by atoms with van der Waals surface area (Å²) in [4.78, 5) is 0. The Kier molecular flexibility index (Phi) is 26.3.